The van der Waals surface area contributed by atoms with Crippen LogP contribution < -0.4 is 0 Å². The highest BCUT2D eigenvalue weighted by Gasteiger charge is 1.96. The Bertz CT molecular complexity index is 427. The first-order chi connectivity index (χ1) is 7.11. The summed E-state index contributed by atoms with van der Waals surface area (Å²) in [6, 6.07) is 9.13. The summed E-state index contributed by atoms with van der Waals surface area (Å²) in [6.45, 7) is 0. The number of hydrogen-bond donors (Lipinski definition) is 4. The van der Waals surface area contributed by atoms with Gasteiger partial charge < -0.3 is 20.2 Å². The van der Waals surface area contributed by atoms with Gasteiger partial charge in [0, 0.05) is 11.6 Å². The Hall–Kier alpha value is -1.63. The number of pyridine rings is 1. The van der Waals surface area contributed by atoms with Gasteiger partial charge in [0.25, 0.3) is 0 Å². The second-order valence-electron chi connectivity index (χ2n) is 2.70. The predicted octanol–water partition coefficient (Wildman–Crippen LogP) is -0.111. The Labute approximate surface area is 86.4 Å². The monoisotopic (exact) mass is 207 g/mol. The van der Waals surface area contributed by atoms with Gasteiger partial charge in [0.15, 0.2) is 0 Å². The van der Waals surface area contributed by atoms with Crippen LogP contribution in [0.1, 0.15) is 0 Å². The summed E-state index contributed by atoms with van der Waals surface area (Å²) in [5.74, 6) is 0.239. The van der Waals surface area contributed by atoms with E-state index >= 15 is 0 Å². The molecule has 1 aromatic heterocycles. The van der Waals surface area contributed by atoms with E-state index in [1.165, 1.54) is 0 Å². The van der Waals surface area contributed by atoms with Gasteiger partial charge in [0.1, 0.15) is 11.3 Å². The summed E-state index contributed by atoms with van der Waals surface area (Å²) in [5, 5.41) is 31.8. The third-order valence-corrected chi connectivity index (χ3v) is 1.61. The number of rotatable bonds is 0. The predicted molar refractivity (Wildman–Crippen MR) is 55.8 cm³/mol. The molecule has 4 N–H and O–H groups in total. The summed E-state index contributed by atoms with van der Waals surface area (Å²) in [6.07, 6.45) is 1.67. The zero-order valence-corrected chi connectivity index (χ0v) is 7.78. The fourth-order valence-electron chi connectivity index (χ4n) is 1.09. The van der Waals surface area contributed by atoms with Crippen molar-refractivity contribution in [3.8, 4) is 5.75 Å². The number of aromatic hydroxyl groups is 1. The maximum Gasteiger partial charge on any atom is 0.631 e. The highest BCUT2D eigenvalue weighted by molar-refractivity contribution is 6.30. The van der Waals surface area contributed by atoms with E-state index in [0.29, 0.717) is 5.52 Å². The maximum atomic E-state index is 9.31. The quantitative estimate of drug-likeness (QED) is 0.452. The molecule has 15 heavy (non-hydrogen) atoms. The minimum atomic E-state index is -2.17. The van der Waals surface area contributed by atoms with Crippen molar-refractivity contribution in [3.63, 3.8) is 0 Å². The molecule has 78 valence electrons. The molecule has 5 nitrogen and oxygen atoms in total. The Morgan fingerprint density at radius 2 is 1.60 bits per heavy atom. The first-order valence-corrected chi connectivity index (χ1v) is 4.18. The van der Waals surface area contributed by atoms with Gasteiger partial charge in [-0.2, -0.15) is 0 Å². The lowest BCUT2D eigenvalue weighted by molar-refractivity contribution is 0.278. The molecule has 0 aliphatic rings. The number of phenolic OH excluding ortho intramolecular Hbond substituents is 1. The smallest absolute Gasteiger partial charge is 0.506 e. The van der Waals surface area contributed by atoms with Crippen molar-refractivity contribution in [1.82, 2.24) is 4.98 Å². The molecule has 2 aromatic rings. The van der Waals surface area contributed by atoms with Crippen LogP contribution in [0, 0.1) is 0 Å². The molecule has 0 aliphatic carbocycles. The molecule has 0 unspecified atom stereocenters. The number of nitrogens with zero attached hydrogens (tertiary/aromatic N) is 1. The van der Waals surface area contributed by atoms with E-state index in [4.69, 9.17) is 15.1 Å². The topological polar surface area (TPSA) is 93.8 Å². The average Bonchev–Trinajstić information content (AvgIpc) is 2.18. The van der Waals surface area contributed by atoms with Crippen LogP contribution in [0.3, 0.4) is 0 Å². The standard InChI is InChI=1S/C9H7NO.BH3O3/c11-8-5-1-3-7-4-2-6-10-9(7)8;2-1(3)4/h1-6,11H;2-4H. The van der Waals surface area contributed by atoms with Crippen molar-refractivity contribution < 1.29 is 20.2 Å². The normalized spacial score (nSPS) is 9.27. The molecule has 0 saturated carbocycles. The molecule has 1 heterocycles. The van der Waals surface area contributed by atoms with E-state index in [0.717, 1.165) is 5.39 Å². The van der Waals surface area contributed by atoms with Gasteiger partial charge in [0.2, 0.25) is 0 Å². The summed E-state index contributed by atoms with van der Waals surface area (Å²) in [4.78, 5) is 4.03. The minimum absolute atomic E-state index is 0.239. The highest BCUT2D eigenvalue weighted by atomic mass is 16.5. The van der Waals surface area contributed by atoms with Crippen LogP contribution in [0.4, 0.5) is 0 Å². The van der Waals surface area contributed by atoms with Crippen LogP contribution in [0.2, 0.25) is 0 Å². The summed E-state index contributed by atoms with van der Waals surface area (Å²) >= 11 is 0. The number of phenols is 1. The largest absolute Gasteiger partial charge is 0.631 e. The van der Waals surface area contributed by atoms with E-state index in [1.807, 2.05) is 18.2 Å². The molecular weight excluding hydrogens is 197 g/mol. The maximum absolute atomic E-state index is 9.31. The van der Waals surface area contributed by atoms with Crippen molar-refractivity contribution in [2.24, 2.45) is 0 Å². The molecule has 1 aromatic carbocycles. The lowest BCUT2D eigenvalue weighted by Gasteiger charge is -1.96. The number of aromatic nitrogens is 1. The van der Waals surface area contributed by atoms with Crippen LogP contribution in [0.15, 0.2) is 36.5 Å². The fraction of sp³-hybridized carbons (Fsp3) is 0. The summed E-state index contributed by atoms with van der Waals surface area (Å²) in [5.41, 5.74) is 0.662. The molecule has 0 bridgehead atoms. The molecular formula is C9H10BNO4. The van der Waals surface area contributed by atoms with Crippen molar-refractivity contribution in [2.75, 3.05) is 0 Å². The van der Waals surface area contributed by atoms with Crippen LogP contribution in [-0.2, 0) is 0 Å². The van der Waals surface area contributed by atoms with E-state index in [9.17, 15) is 5.11 Å². The number of benzene rings is 1. The number of hydrogen-bond acceptors (Lipinski definition) is 5. The van der Waals surface area contributed by atoms with E-state index in [1.54, 1.807) is 18.3 Å². The third-order valence-electron chi connectivity index (χ3n) is 1.61. The van der Waals surface area contributed by atoms with Gasteiger partial charge in [0.05, 0.1) is 0 Å². The molecule has 0 fully saturated rings. The van der Waals surface area contributed by atoms with E-state index < -0.39 is 7.32 Å². The molecule has 0 aliphatic heterocycles. The molecule has 0 spiro atoms. The van der Waals surface area contributed by atoms with Crippen LogP contribution in [-0.4, -0.2) is 32.5 Å². The van der Waals surface area contributed by atoms with E-state index in [-0.39, 0.29) is 5.75 Å². The second kappa shape index (κ2) is 5.30. The Morgan fingerprint density at radius 1 is 1.00 bits per heavy atom. The average molecular weight is 207 g/mol. The second-order valence-corrected chi connectivity index (χ2v) is 2.70. The van der Waals surface area contributed by atoms with Gasteiger partial charge in [-0.15, -0.1) is 0 Å². The zero-order valence-electron chi connectivity index (χ0n) is 7.78. The molecule has 0 atom stereocenters. The number of para-hydroxylation sites is 1. The van der Waals surface area contributed by atoms with Crippen molar-refractivity contribution >= 4 is 18.2 Å². The van der Waals surface area contributed by atoms with Crippen molar-refractivity contribution in [3.05, 3.63) is 36.5 Å². The van der Waals surface area contributed by atoms with Gasteiger partial charge in [-0.3, -0.25) is 4.98 Å². The molecule has 2 rings (SSSR count). The Morgan fingerprint density at radius 3 is 2.20 bits per heavy atom. The molecule has 6 heteroatoms. The molecule has 0 saturated heterocycles. The highest BCUT2D eigenvalue weighted by Crippen LogP contribution is 2.20. The van der Waals surface area contributed by atoms with Crippen molar-refractivity contribution in [1.29, 1.82) is 0 Å². The van der Waals surface area contributed by atoms with Crippen molar-refractivity contribution in [2.45, 2.75) is 0 Å². The van der Waals surface area contributed by atoms with E-state index in [2.05, 4.69) is 4.98 Å². The minimum Gasteiger partial charge on any atom is -0.506 e. The lowest BCUT2D eigenvalue weighted by atomic mass is 10.2. The first kappa shape index (κ1) is 11.4. The molecule has 0 amide bonds. The van der Waals surface area contributed by atoms with Crippen LogP contribution >= 0.6 is 0 Å². The SMILES string of the molecule is OB(O)O.Oc1cccc2cccnc12. The van der Waals surface area contributed by atoms with Gasteiger partial charge in [-0.05, 0) is 12.1 Å². The third kappa shape index (κ3) is 3.55. The number of fused-ring (bicyclic) bond motifs is 1. The summed E-state index contributed by atoms with van der Waals surface area (Å²) in [7, 11) is -2.17. The van der Waals surface area contributed by atoms with Crippen LogP contribution in [0.25, 0.3) is 10.9 Å². The zero-order chi connectivity index (χ0) is 11.3. The Balaban J connectivity index is 0.000000245. The van der Waals surface area contributed by atoms with Gasteiger partial charge >= 0.3 is 7.32 Å². The van der Waals surface area contributed by atoms with Crippen LogP contribution in [0.5, 0.6) is 5.75 Å². The lowest BCUT2D eigenvalue weighted by Crippen LogP contribution is -2.07. The summed E-state index contributed by atoms with van der Waals surface area (Å²) < 4.78 is 0. The van der Waals surface area contributed by atoms with Gasteiger partial charge in [-0.1, -0.05) is 18.2 Å². The molecule has 0 radical (unpaired) electrons. The fourth-order valence-corrected chi connectivity index (χ4v) is 1.09. The Kier molecular flexibility index (Phi) is 4.05. The first-order valence-electron chi connectivity index (χ1n) is 4.18. The van der Waals surface area contributed by atoms with Gasteiger partial charge in [-0.25, -0.2) is 0 Å².